The topological polar surface area (TPSA) is 0 Å². The summed E-state index contributed by atoms with van der Waals surface area (Å²) < 4.78 is 0. The highest BCUT2D eigenvalue weighted by Gasteiger charge is 2.16. The van der Waals surface area contributed by atoms with Crippen molar-refractivity contribution < 1.29 is 0 Å². The molecule has 0 spiro atoms. The van der Waals surface area contributed by atoms with Gasteiger partial charge in [-0.15, -0.1) is 0 Å². The van der Waals surface area contributed by atoms with E-state index in [9.17, 15) is 0 Å². The predicted octanol–water partition coefficient (Wildman–Crippen LogP) is 9.63. The van der Waals surface area contributed by atoms with E-state index in [1.165, 1.54) is 65.3 Å². The van der Waals surface area contributed by atoms with E-state index in [-0.39, 0.29) is 0 Å². The van der Waals surface area contributed by atoms with Crippen molar-refractivity contribution in [2.75, 3.05) is 0 Å². The van der Waals surface area contributed by atoms with Gasteiger partial charge in [0, 0.05) is 0 Å². The first-order valence-electron chi connectivity index (χ1n) is 11.8. The maximum Gasteiger partial charge on any atom is -0.00141 e. The number of hydrogen-bond donors (Lipinski definition) is 0. The predicted molar refractivity (Wildman–Crippen MR) is 147 cm³/mol. The zero-order valence-electron chi connectivity index (χ0n) is 18.7. The lowest BCUT2D eigenvalue weighted by atomic mass is 9.85. The third kappa shape index (κ3) is 2.93. The van der Waals surface area contributed by atoms with Gasteiger partial charge < -0.3 is 0 Å². The van der Waals surface area contributed by atoms with E-state index in [4.69, 9.17) is 0 Å². The lowest BCUT2D eigenvalue weighted by Crippen LogP contribution is -1.90. The number of hydrogen-bond acceptors (Lipinski definition) is 0. The minimum atomic E-state index is 1.24. The molecule has 0 N–H and O–H groups in total. The quantitative estimate of drug-likeness (QED) is 0.239. The summed E-state index contributed by atoms with van der Waals surface area (Å²) in [5.41, 5.74) is 5.13. The lowest BCUT2D eigenvalue weighted by Gasteiger charge is -2.18. The van der Waals surface area contributed by atoms with Gasteiger partial charge in [0.2, 0.25) is 0 Å². The van der Waals surface area contributed by atoms with Crippen LogP contribution < -0.4 is 0 Å². The molecule has 0 aliphatic heterocycles. The van der Waals surface area contributed by atoms with Crippen molar-refractivity contribution in [2.24, 2.45) is 0 Å². The molecule has 0 bridgehead atoms. The highest BCUT2D eigenvalue weighted by Crippen LogP contribution is 2.44. The largest absolute Gasteiger partial charge is 0.0622 e. The summed E-state index contributed by atoms with van der Waals surface area (Å²) in [5.74, 6) is 0. The summed E-state index contributed by atoms with van der Waals surface area (Å²) >= 11 is 0. The smallest absolute Gasteiger partial charge is 0.00141 e. The molecule has 0 unspecified atom stereocenters. The maximum atomic E-state index is 2.38. The molecule has 7 rings (SSSR count). The third-order valence-corrected chi connectivity index (χ3v) is 6.99. The van der Waals surface area contributed by atoms with Crippen molar-refractivity contribution in [1.82, 2.24) is 0 Å². The summed E-state index contributed by atoms with van der Waals surface area (Å²) in [5, 5.41) is 10.3. The molecule has 0 saturated carbocycles. The molecule has 0 heteroatoms. The van der Waals surface area contributed by atoms with E-state index < -0.39 is 0 Å². The first-order chi connectivity index (χ1) is 16.9. The molecular weight excluding hydrogens is 408 g/mol. The van der Waals surface area contributed by atoms with Gasteiger partial charge in [-0.3, -0.25) is 0 Å². The molecule has 0 aliphatic carbocycles. The maximum absolute atomic E-state index is 2.38. The average Bonchev–Trinajstić information content (AvgIpc) is 2.91. The molecule has 0 nitrogen and oxygen atoms in total. The highest BCUT2D eigenvalue weighted by atomic mass is 14.2. The monoisotopic (exact) mass is 430 g/mol. The first kappa shape index (κ1) is 19.1. The van der Waals surface area contributed by atoms with Gasteiger partial charge in [0.1, 0.15) is 0 Å². The number of rotatable bonds is 2. The summed E-state index contributed by atoms with van der Waals surface area (Å²) in [6.07, 6.45) is 0. The summed E-state index contributed by atoms with van der Waals surface area (Å²) in [4.78, 5) is 0. The SMILES string of the molecule is c1ccc(-c2ccc3cc4ccccc4c(-c4c5ccccc5cc5ccccc45)c3c2)cc1. The van der Waals surface area contributed by atoms with E-state index >= 15 is 0 Å². The molecule has 0 radical (unpaired) electrons. The molecule has 0 saturated heterocycles. The van der Waals surface area contributed by atoms with Crippen LogP contribution in [0.1, 0.15) is 0 Å². The van der Waals surface area contributed by atoms with Crippen molar-refractivity contribution in [3.63, 3.8) is 0 Å². The van der Waals surface area contributed by atoms with Crippen LogP contribution in [-0.2, 0) is 0 Å². The van der Waals surface area contributed by atoms with Crippen LogP contribution >= 0.6 is 0 Å². The molecule has 0 heterocycles. The van der Waals surface area contributed by atoms with E-state index in [1.54, 1.807) is 0 Å². The molecule has 0 aromatic heterocycles. The fraction of sp³-hybridized carbons (Fsp3) is 0. The van der Waals surface area contributed by atoms with Gasteiger partial charge in [-0.1, -0.05) is 115 Å². The van der Waals surface area contributed by atoms with Crippen LogP contribution in [0.25, 0.3) is 65.3 Å². The van der Waals surface area contributed by atoms with Crippen LogP contribution in [0.15, 0.2) is 133 Å². The van der Waals surface area contributed by atoms with Gasteiger partial charge in [0.25, 0.3) is 0 Å². The Bertz CT molecular complexity index is 1790. The van der Waals surface area contributed by atoms with Gasteiger partial charge in [-0.05, 0) is 83.5 Å². The Hall–Kier alpha value is -4.42. The van der Waals surface area contributed by atoms with Crippen molar-refractivity contribution in [3.8, 4) is 22.3 Å². The minimum absolute atomic E-state index is 1.24. The Morgan fingerprint density at radius 3 is 1.26 bits per heavy atom. The number of benzene rings is 7. The van der Waals surface area contributed by atoms with Crippen molar-refractivity contribution in [3.05, 3.63) is 133 Å². The van der Waals surface area contributed by atoms with Gasteiger partial charge >= 0.3 is 0 Å². The van der Waals surface area contributed by atoms with E-state index in [0.29, 0.717) is 0 Å². The second-order valence-electron chi connectivity index (χ2n) is 8.97. The third-order valence-electron chi connectivity index (χ3n) is 6.99. The summed E-state index contributed by atoms with van der Waals surface area (Å²) in [6.45, 7) is 0. The Balaban J connectivity index is 1.71. The normalized spacial score (nSPS) is 11.5. The van der Waals surface area contributed by atoms with Gasteiger partial charge in [0.15, 0.2) is 0 Å². The van der Waals surface area contributed by atoms with Gasteiger partial charge in [-0.25, -0.2) is 0 Å². The minimum Gasteiger partial charge on any atom is -0.0622 e. The fourth-order valence-electron chi connectivity index (χ4n) is 5.42. The Kier molecular flexibility index (Phi) is 4.25. The standard InChI is InChI=1S/C34H22/c1-2-10-23(11-3-1)24-18-19-28-21-27-14-6-9-17-31(27)34(32(28)22-24)33-29-15-7-4-12-25(29)20-26-13-5-8-16-30(26)33/h1-22H. The molecular formula is C34H22. The molecule has 0 amide bonds. The van der Waals surface area contributed by atoms with Crippen LogP contribution in [0.2, 0.25) is 0 Å². The van der Waals surface area contributed by atoms with E-state index in [1.807, 2.05) is 0 Å². The Morgan fingerprint density at radius 1 is 0.265 bits per heavy atom. The first-order valence-corrected chi connectivity index (χ1v) is 11.8. The van der Waals surface area contributed by atoms with Crippen molar-refractivity contribution >= 4 is 43.1 Å². The van der Waals surface area contributed by atoms with Gasteiger partial charge in [-0.2, -0.15) is 0 Å². The lowest BCUT2D eigenvalue weighted by molar-refractivity contribution is 1.65. The zero-order chi connectivity index (χ0) is 22.5. The zero-order valence-corrected chi connectivity index (χ0v) is 18.7. The fourth-order valence-corrected chi connectivity index (χ4v) is 5.42. The molecule has 7 aromatic carbocycles. The molecule has 7 aromatic rings. The molecule has 158 valence electrons. The molecule has 0 atom stereocenters. The second kappa shape index (κ2) is 7.57. The van der Waals surface area contributed by atoms with Gasteiger partial charge in [0.05, 0.1) is 0 Å². The Labute approximate surface area is 198 Å². The summed E-state index contributed by atoms with van der Waals surface area (Å²) in [7, 11) is 0. The van der Waals surface area contributed by atoms with Crippen LogP contribution in [0.3, 0.4) is 0 Å². The van der Waals surface area contributed by atoms with Crippen LogP contribution in [0.4, 0.5) is 0 Å². The molecule has 0 aliphatic rings. The molecule has 0 fully saturated rings. The highest BCUT2D eigenvalue weighted by molar-refractivity contribution is 6.23. The Morgan fingerprint density at radius 2 is 0.706 bits per heavy atom. The van der Waals surface area contributed by atoms with Crippen LogP contribution in [0, 0.1) is 0 Å². The number of fused-ring (bicyclic) bond motifs is 4. The van der Waals surface area contributed by atoms with E-state index in [0.717, 1.165) is 0 Å². The second-order valence-corrected chi connectivity index (χ2v) is 8.97. The molecule has 34 heavy (non-hydrogen) atoms. The van der Waals surface area contributed by atoms with Crippen LogP contribution in [0.5, 0.6) is 0 Å². The van der Waals surface area contributed by atoms with Crippen molar-refractivity contribution in [1.29, 1.82) is 0 Å². The van der Waals surface area contributed by atoms with Crippen molar-refractivity contribution in [2.45, 2.75) is 0 Å². The average molecular weight is 431 g/mol. The van der Waals surface area contributed by atoms with E-state index in [2.05, 4.69) is 133 Å². The van der Waals surface area contributed by atoms with Crippen LogP contribution in [-0.4, -0.2) is 0 Å². The summed E-state index contributed by atoms with van der Waals surface area (Å²) in [6, 6.07) is 48.6.